The Balaban J connectivity index is 3.03. The van der Waals surface area contributed by atoms with Gasteiger partial charge < -0.3 is 14.6 Å². The Morgan fingerprint density at radius 2 is 1.92 bits per heavy atom. The fourth-order valence-electron chi connectivity index (χ4n) is 2.72. The van der Waals surface area contributed by atoms with E-state index in [1.165, 1.54) is 4.90 Å². The van der Waals surface area contributed by atoms with Crippen molar-refractivity contribution in [3.05, 3.63) is 35.2 Å². The Labute approximate surface area is 149 Å². The van der Waals surface area contributed by atoms with Crippen LogP contribution < -0.4 is 0 Å². The molecular weight excluding hydrogens is 320 g/mol. The maximum Gasteiger partial charge on any atom is 0.355 e. The van der Waals surface area contributed by atoms with E-state index in [0.29, 0.717) is 29.8 Å². The number of rotatable bonds is 9. The first kappa shape index (κ1) is 20.7. The zero-order valence-electron chi connectivity index (χ0n) is 15.8. The van der Waals surface area contributed by atoms with Gasteiger partial charge in [0.2, 0.25) is 5.91 Å². The molecule has 1 heterocycles. The highest BCUT2D eigenvalue weighted by Crippen LogP contribution is 2.20. The highest BCUT2D eigenvalue weighted by atomic mass is 16.5. The molecule has 1 aromatic heterocycles. The van der Waals surface area contributed by atoms with Gasteiger partial charge in [-0.25, -0.2) is 4.79 Å². The molecule has 0 aliphatic carbocycles. The maximum absolute atomic E-state index is 12.8. The van der Waals surface area contributed by atoms with Crippen LogP contribution in [0.1, 0.15) is 59.3 Å². The summed E-state index contributed by atoms with van der Waals surface area (Å²) in [6, 6.07) is 0. The summed E-state index contributed by atoms with van der Waals surface area (Å²) in [6.45, 7) is 13.3. The normalized spacial score (nSPS) is 10.6. The molecule has 6 heteroatoms. The minimum atomic E-state index is -0.485. The van der Waals surface area contributed by atoms with Crippen molar-refractivity contribution in [2.75, 3.05) is 19.7 Å². The fraction of sp³-hybridized carbons (Fsp3) is 0.526. The number of ketones is 1. The van der Waals surface area contributed by atoms with Gasteiger partial charge in [0.1, 0.15) is 5.69 Å². The number of carbonyl (C=O) groups is 3. The molecule has 1 N–H and O–H groups in total. The van der Waals surface area contributed by atoms with Gasteiger partial charge in [-0.05, 0) is 32.3 Å². The number of hydrogen-bond donors (Lipinski definition) is 1. The Hall–Kier alpha value is -2.37. The Bertz CT molecular complexity index is 659. The lowest BCUT2D eigenvalue weighted by atomic mass is 10.0. The molecule has 0 spiro atoms. The van der Waals surface area contributed by atoms with Crippen LogP contribution >= 0.6 is 0 Å². The largest absolute Gasteiger partial charge is 0.461 e. The zero-order chi connectivity index (χ0) is 19.1. The highest BCUT2D eigenvalue weighted by Gasteiger charge is 2.25. The van der Waals surface area contributed by atoms with Crippen molar-refractivity contribution < 1.29 is 19.1 Å². The number of carbonyl (C=O) groups excluding carboxylic acids is 3. The smallest absolute Gasteiger partial charge is 0.355 e. The molecule has 0 saturated heterocycles. The molecule has 1 aromatic rings. The second-order valence-electron chi connectivity index (χ2n) is 6.43. The predicted molar refractivity (Wildman–Crippen MR) is 96.8 cm³/mol. The zero-order valence-corrected chi connectivity index (χ0v) is 15.8. The average molecular weight is 348 g/mol. The molecule has 0 atom stereocenters. The van der Waals surface area contributed by atoms with Gasteiger partial charge >= 0.3 is 5.97 Å². The lowest BCUT2D eigenvalue weighted by molar-refractivity contribution is -0.131. The van der Waals surface area contributed by atoms with E-state index in [0.717, 1.165) is 0 Å². The van der Waals surface area contributed by atoms with Crippen LogP contribution in [0.2, 0.25) is 0 Å². The number of aromatic nitrogens is 1. The van der Waals surface area contributed by atoms with Gasteiger partial charge in [-0.1, -0.05) is 19.9 Å². The number of ether oxygens (including phenoxy) is 1. The number of nitrogens with one attached hydrogen (secondary N) is 1. The number of nitrogens with zero attached hydrogens (tertiary/aromatic N) is 1. The molecule has 138 valence electrons. The molecule has 0 aromatic carbocycles. The van der Waals surface area contributed by atoms with Crippen molar-refractivity contribution in [1.29, 1.82) is 0 Å². The van der Waals surface area contributed by atoms with E-state index in [1.807, 2.05) is 13.8 Å². The van der Waals surface area contributed by atoms with Crippen LogP contribution in [0.15, 0.2) is 12.7 Å². The molecule has 0 aliphatic rings. The number of esters is 1. The van der Waals surface area contributed by atoms with Crippen molar-refractivity contribution in [1.82, 2.24) is 9.88 Å². The van der Waals surface area contributed by atoms with Crippen molar-refractivity contribution in [3.63, 3.8) is 0 Å². The van der Waals surface area contributed by atoms with E-state index in [1.54, 1.807) is 26.8 Å². The third-order valence-corrected chi connectivity index (χ3v) is 3.82. The van der Waals surface area contributed by atoms with E-state index in [2.05, 4.69) is 11.6 Å². The van der Waals surface area contributed by atoms with E-state index >= 15 is 0 Å². The first-order chi connectivity index (χ1) is 11.7. The van der Waals surface area contributed by atoms with Crippen molar-refractivity contribution in [2.45, 2.75) is 41.0 Å². The van der Waals surface area contributed by atoms with Crippen LogP contribution in [-0.2, 0) is 9.53 Å². The lowest BCUT2D eigenvalue weighted by Crippen LogP contribution is -2.36. The summed E-state index contributed by atoms with van der Waals surface area (Å²) in [4.78, 5) is 41.5. The van der Waals surface area contributed by atoms with Gasteiger partial charge in [-0.15, -0.1) is 6.58 Å². The van der Waals surface area contributed by atoms with Gasteiger partial charge in [-0.3, -0.25) is 9.59 Å². The standard InChI is InChI=1S/C19H28N2O4/c1-7-9-21(16(23)10-12(3)4)11-15(22)17-13(5)18(20-14(17)6)19(24)25-8-2/h7,12,20H,1,8-11H2,2-6H3. The first-order valence-electron chi connectivity index (χ1n) is 8.50. The van der Waals surface area contributed by atoms with Crippen molar-refractivity contribution in [3.8, 4) is 0 Å². The molecule has 0 saturated carbocycles. The Morgan fingerprint density at radius 3 is 2.44 bits per heavy atom. The van der Waals surface area contributed by atoms with E-state index < -0.39 is 5.97 Å². The van der Waals surface area contributed by atoms with E-state index in [9.17, 15) is 14.4 Å². The molecule has 0 fully saturated rings. The molecule has 0 bridgehead atoms. The maximum atomic E-state index is 12.8. The van der Waals surface area contributed by atoms with Crippen LogP contribution in [0.4, 0.5) is 0 Å². The summed E-state index contributed by atoms with van der Waals surface area (Å²) < 4.78 is 5.00. The number of amides is 1. The Morgan fingerprint density at radius 1 is 1.28 bits per heavy atom. The van der Waals surface area contributed by atoms with Crippen LogP contribution in [0.25, 0.3) is 0 Å². The minimum absolute atomic E-state index is 0.0423. The fourth-order valence-corrected chi connectivity index (χ4v) is 2.72. The monoisotopic (exact) mass is 348 g/mol. The first-order valence-corrected chi connectivity index (χ1v) is 8.50. The number of hydrogen-bond acceptors (Lipinski definition) is 4. The molecule has 25 heavy (non-hydrogen) atoms. The van der Waals surface area contributed by atoms with Crippen LogP contribution in [0.5, 0.6) is 0 Å². The van der Waals surface area contributed by atoms with Crippen molar-refractivity contribution >= 4 is 17.7 Å². The minimum Gasteiger partial charge on any atom is -0.461 e. The number of aryl methyl sites for hydroxylation is 1. The van der Waals surface area contributed by atoms with Crippen molar-refractivity contribution in [2.24, 2.45) is 5.92 Å². The van der Waals surface area contributed by atoms with Gasteiger partial charge in [0, 0.05) is 24.2 Å². The van der Waals surface area contributed by atoms with Gasteiger partial charge in [0.25, 0.3) is 0 Å². The molecule has 1 rings (SSSR count). The average Bonchev–Trinajstić information content (AvgIpc) is 2.81. The number of H-pyrrole nitrogens is 1. The summed E-state index contributed by atoms with van der Waals surface area (Å²) in [5, 5.41) is 0. The summed E-state index contributed by atoms with van der Waals surface area (Å²) in [7, 11) is 0. The topological polar surface area (TPSA) is 79.5 Å². The summed E-state index contributed by atoms with van der Waals surface area (Å²) in [5.41, 5.74) is 1.87. The SMILES string of the molecule is C=CCN(CC(=O)c1c(C)[nH]c(C(=O)OCC)c1C)C(=O)CC(C)C. The number of Topliss-reactive ketones (excluding diaryl/α,β-unsaturated/α-hetero) is 1. The molecule has 6 nitrogen and oxygen atoms in total. The van der Waals surface area contributed by atoms with Gasteiger partial charge in [0.15, 0.2) is 5.78 Å². The second kappa shape index (κ2) is 9.20. The molecule has 1 amide bonds. The van der Waals surface area contributed by atoms with Crippen LogP contribution in [0, 0.1) is 19.8 Å². The molecular formula is C19H28N2O4. The second-order valence-corrected chi connectivity index (χ2v) is 6.43. The lowest BCUT2D eigenvalue weighted by Gasteiger charge is -2.21. The quantitative estimate of drug-likeness (QED) is 0.422. The summed E-state index contributed by atoms with van der Waals surface area (Å²) >= 11 is 0. The van der Waals surface area contributed by atoms with Gasteiger partial charge in [0.05, 0.1) is 13.2 Å². The van der Waals surface area contributed by atoms with E-state index in [-0.39, 0.29) is 36.5 Å². The third-order valence-electron chi connectivity index (χ3n) is 3.82. The number of aromatic amines is 1. The molecule has 0 aliphatic heterocycles. The van der Waals surface area contributed by atoms with Crippen LogP contribution in [0.3, 0.4) is 0 Å². The molecule has 0 unspecified atom stereocenters. The molecule has 0 radical (unpaired) electrons. The summed E-state index contributed by atoms with van der Waals surface area (Å²) in [6.07, 6.45) is 1.98. The van der Waals surface area contributed by atoms with E-state index in [4.69, 9.17) is 4.74 Å². The predicted octanol–water partition coefficient (Wildman–Crippen LogP) is 3.05. The highest BCUT2D eigenvalue weighted by molar-refractivity contribution is 6.04. The summed E-state index contributed by atoms with van der Waals surface area (Å²) in [5.74, 6) is -0.567. The Kier molecular flexibility index (Phi) is 7.61. The van der Waals surface area contributed by atoms with Crippen LogP contribution in [-0.4, -0.2) is 47.2 Å². The third kappa shape index (κ3) is 5.31. The van der Waals surface area contributed by atoms with Gasteiger partial charge in [-0.2, -0.15) is 0 Å².